The van der Waals surface area contributed by atoms with Crippen molar-refractivity contribution in [3.8, 4) is 0 Å². The number of hydrogen-bond donors (Lipinski definition) is 0. The van der Waals surface area contributed by atoms with Gasteiger partial charge in [-0.2, -0.15) is 10.1 Å². The van der Waals surface area contributed by atoms with Crippen molar-refractivity contribution in [1.29, 1.82) is 0 Å². The summed E-state index contributed by atoms with van der Waals surface area (Å²) in [7, 11) is 2.01. The van der Waals surface area contributed by atoms with Crippen LogP contribution in [0.25, 0.3) is 17.0 Å². The van der Waals surface area contributed by atoms with Crippen LogP contribution in [0.4, 0.5) is 5.69 Å². The number of para-hydroxylation sites is 1. The predicted octanol–water partition coefficient (Wildman–Crippen LogP) is 5.67. The number of halogens is 1. The highest BCUT2D eigenvalue weighted by Crippen LogP contribution is 2.30. The highest BCUT2D eigenvalue weighted by Gasteiger charge is 2.32. The van der Waals surface area contributed by atoms with Gasteiger partial charge in [-0.05, 0) is 36.4 Å². The molecule has 4 nitrogen and oxygen atoms in total. The second-order valence-corrected chi connectivity index (χ2v) is 7.61. The van der Waals surface area contributed by atoms with Gasteiger partial charge in [0.2, 0.25) is 0 Å². The first-order chi connectivity index (χ1) is 14.6. The van der Waals surface area contributed by atoms with Crippen LogP contribution in [0.2, 0.25) is 5.02 Å². The number of carbonyl (C=O) groups is 1. The van der Waals surface area contributed by atoms with Gasteiger partial charge in [-0.3, -0.25) is 4.79 Å². The molecule has 1 aliphatic rings. The summed E-state index contributed by atoms with van der Waals surface area (Å²) in [6, 6.07) is 25.0. The van der Waals surface area contributed by atoms with Crippen molar-refractivity contribution in [2.75, 3.05) is 5.01 Å². The van der Waals surface area contributed by atoms with E-state index in [0.29, 0.717) is 22.0 Å². The minimum Gasteiger partial charge on any atom is -0.350 e. The SMILES string of the molecule is Cn1cc(/C=C2\C(=O)N(c3ccc(Cl)cc3)N=C2c2ccccc2)c2ccccc21. The molecule has 1 amide bonds. The Bertz CT molecular complexity index is 1320. The van der Waals surface area contributed by atoms with Crippen LogP contribution >= 0.6 is 11.6 Å². The minimum atomic E-state index is -0.163. The second kappa shape index (κ2) is 7.32. The van der Waals surface area contributed by atoms with E-state index < -0.39 is 0 Å². The van der Waals surface area contributed by atoms with Gasteiger partial charge in [0.05, 0.1) is 11.3 Å². The number of benzene rings is 3. The maximum atomic E-state index is 13.4. The molecule has 5 heteroatoms. The van der Waals surface area contributed by atoms with Crippen LogP contribution in [-0.4, -0.2) is 16.2 Å². The molecule has 0 spiro atoms. The van der Waals surface area contributed by atoms with Crippen molar-refractivity contribution in [2.45, 2.75) is 0 Å². The molecule has 1 aliphatic heterocycles. The van der Waals surface area contributed by atoms with E-state index in [1.54, 1.807) is 24.3 Å². The Hall–Kier alpha value is -3.63. The van der Waals surface area contributed by atoms with E-state index in [1.165, 1.54) is 5.01 Å². The lowest BCUT2D eigenvalue weighted by atomic mass is 10.00. The van der Waals surface area contributed by atoms with Crippen molar-refractivity contribution in [2.24, 2.45) is 12.1 Å². The third-order valence-corrected chi connectivity index (χ3v) is 5.48. The molecule has 0 aliphatic carbocycles. The van der Waals surface area contributed by atoms with Crippen LogP contribution in [0, 0.1) is 0 Å². The van der Waals surface area contributed by atoms with Crippen molar-refractivity contribution in [3.05, 3.63) is 107 Å². The van der Waals surface area contributed by atoms with Gasteiger partial charge >= 0.3 is 0 Å². The molecule has 0 atom stereocenters. The molecule has 4 aromatic rings. The van der Waals surface area contributed by atoms with E-state index in [-0.39, 0.29) is 5.91 Å². The zero-order chi connectivity index (χ0) is 20.7. The number of nitrogens with zero attached hydrogens (tertiary/aromatic N) is 3. The smallest absolute Gasteiger partial charge is 0.281 e. The van der Waals surface area contributed by atoms with Gasteiger partial charge in [-0.15, -0.1) is 0 Å². The molecular weight excluding hydrogens is 394 g/mol. The van der Waals surface area contributed by atoms with E-state index in [9.17, 15) is 4.79 Å². The van der Waals surface area contributed by atoms with E-state index in [1.807, 2.05) is 61.8 Å². The first-order valence-corrected chi connectivity index (χ1v) is 10.00. The van der Waals surface area contributed by atoms with Gasteiger partial charge in [0.1, 0.15) is 5.71 Å². The summed E-state index contributed by atoms with van der Waals surface area (Å²) in [6.45, 7) is 0. The summed E-state index contributed by atoms with van der Waals surface area (Å²) < 4.78 is 2.07. The lowest BCUT2D eigenvalue weighted by Gasteiger charge is -2.11. The first-order valence-electron chi connectivity index (χ1n) is 9.62. The Morgan fingerprint density at radius 2 is 1.60 bits per heavy atom. The Morgan fingerprint density at radius 3 is 2.37 bits per heavy atom. The van der Waals surface area contributed by atoms with Gasteiger partial charge < -0.3 is 4.57 Å². The maximum Gasteiger partial charge on any atom is 0.281 e. The summed E-state index contributed by atoms with van der Waals surface area (Å²) in [5.41, 5.74) is 4.89. The topological polar surface area (TPSA) is 37.6 Å². The van der Waals surface area contributed by atoms with Crippen molar-refractivity contribution < 1.29 is 4.79 Å². The molecule has 146 valence electrons. The van der Waals surface area contributed by atoms with Gasteiger partial charge in [0.15, 0.2) is 0 Å². The van der Waals surface area contributed by atoms with Gasteiger partial charge in [-0.1, -0.05) is 60.1 Å². The van der Waals surface area contributed by atoms with Crippen LogP contribution in [0.1, 0.15) is 11.1 Å². The van der Waals surface area contributed by atoms with Crippen LogP contribution in [0.5, 0.6) is 0 Å². The first kappa shape index (κ1) is 18.4. The lowest BCUT2D eigenvalue weighted by molar-refractivity contribution is -0.114. The fourth-order valence-corrected chi connectivity index (χ4v) is 3.88. The van der Waals surface area contributed by atoms with E-state index >= 15 is 0 Å². The highest BCUT2D eigenvalue weighted by molar-refractivity contribution is 6.37. The Kier molecular flexibility index (Phi) is 4.49. The number of amides is 1. The van der Waals surface area contributed by atoms with Gasteiger partial charge in [0.25, 0.3) is 5.91 Å². The minimum absolute atomic E-state index is 0.163. The second-order valence-electron chi connectivity index (χ2n) is 7.18. The quantitative estimate of drug-likeness (QED) is 0.400. The van der Waals surface area contributed by atoms with Crippen molar-refractivity contribution >= 4 is 45.9 Å². The summed E-state index contributed by atoms with van der Waals surface area (Å²) >= 11 is 6.02. The molecule has 5 rings (SSSR count). The van der Waals surface area contributed by atoms with Crippen LogP contribution in [0.15, 0.2) is 95.7 Å². The maximum absolute atomic E-state index is 13.4. The van der Waals surface area contributed by atoms with E-state index in [2.05, 4.69) is 21.8 Å². The number of rotatable bonds is 3. The average molecular weight is 412 g/mol. The summed E-state index contributed by atoms with van der Waals surface area (Å²) in [4.78, 5) is 13.4. The molecule has 0 saturated heterocycles. The Labute approximate surface area is 179 Å². The molecule has 0 N–H and O–H groups in total. The molecule has 3 aromatic carbocycles. The Balaban J connectivity index is 1.67. The number of hydrogen-bond acceptors (Lipinski definition) is 2. The number of carbonyl (C=O) groups excluding carboxylic acids is 1. The lowest BCUT2D eigenvalue weighted by Crippen LogP contribution is -2.21. The average Bonchev–Trinajstić information content (AvgIpc) is 3.27. The normalized spacial score (nSPS) is 15.3. The van der Waals surface area contributed by atoms with E-state index in [0.717, 1.165) is 22.0 Å². The molecular formula is C25H18ClN3O. The van der Waals surface area contributed by atoms with Gasteiger partial charge in [0, 0.05) is 40.3 Å². The largest absolute Gasteiger partial charge is 0.350 e. The molecule has 0 radical (unpaired) electrons. The highest BCUT2D eigenvalue weighted by atomic mass is 35.5. The number of aryl methyl sites for hydroxylation is 1. The van der Waals surface area contributed by atoms with Crippen LogP contribution in [0.3, 0.4) is 0 Å². The summed E-state index contributed by atoms with van der Waals surface area (Å²) in [5.74, 6) is -0.163. The van der Waals surface area contributed by atoms with Crippen LogP contribution in [-0.2, 0) is 11.8 Å². The zero-order valence-corrected chi connectivity index (χ0v) is 17.0. The molecule has 0 unspecified atom stereocenters. The number of hydrazone groups is 1. The third-order valence-electron chi connectivity index (χ3n) is 5.22. The molecule has 0 bridgehead atoms. The fraction of sp³-hybridized carbons (Fsp3) is 0.0400. The van der Waals surface area contributed by atoms with Gasteiger partial charge in [-0.25, -0.2) is 0 Å². The van der Waals surface area contributed by atoms with E-state index in [4.69, 9.17) is 11.6 Å². The Morgan fingerprint density at radius 1 is 0.900 bits per heavy atom. The van der Waals surface area contributed by atoms with Crippen molar-refractivity contribution in [1.82, 2.24) is 4.57 Å². The number of fused-ring (bicyclic) bond motifs is 1. The molecule has 0 saturated carbocycles. The monoisotopic (exact) mass is 411 g/mol. The number of aromatic nitrogens is 1. The summed E-state index contributed by atoms with van der Waals surface area (Å²) in [5, 5.41) is 7.84. The molecule has 1 aromatic heterocycles. The predicted molar refractivity (Wildman–Crippen MR) is 123 cm³/mol. The summed E-state index contributed by atoms with van der Waals surface area (Å²) in [6.07, 6.45) is 3.98. The number of anilines is 1. The standard InChI is InChI=1S/C25H18ClN3O/c1-28-16-18(21-9-5-6-10-23(21)28)15-22-24(17-7-3-2-4-8-17)27-29(25(22)30)20-13-11-19(26)12-14-20/h2-16H,1H3/b22-15-. The third kappa shape index (κ3) is 3.11. The fourth-order valence-electron chi connectivity index (χ4n) is 3.75. The molecule has 30 heavy (non-hydrogen) atoms. The molecule has 2 heterocycles. The van der Waals surface area contributed by atoms with Crippen molar-refractivity contribution in [3.63, 3.8) is 0 Å². The molecule has 0 fully saturated rings. The zero-order valence-electron chi connectivity index (χ0n) is 16.3. The van der Waals surface area contributed by atoms with Crippen LogP contribution < -0.4 is 5.01 Å².